The number of hydrogen-bond acceptors (Lipinski definition) is 10. The highest BCUT2D eigenvalue weighted by Gasteiger charge is 2.83. The Kier molecular flexibility index (Phi) is 11.5. The van der Waals surface area contributed by atoms with E-state index in [1.54, 1.807) is 0 Å². The third-order valence-corrected chi connectivity index (χ3v) is 11.5. The van der Waals surface area contributed by atoms with Crippen LogP contribution in [-0.4, -0.2) is 96.0 Å². The predicted octanol–water partition coefficient (Wildman–Crippen LogP) is 2.89. The molecule has 0 spiro atoms. The molecule has 14 nitrogen and oxygen atoms in total. The van der Waals surface area contributed by atoms with Crippen molar-refractivity contribution in [2.24, 2.45) is 17.0 Å². The van der Waals surface area contributed by atoms with Gasteiger partial charge in [-0.15, -0.1) is 0 Å². The molecular weight excluding hydrogens is 618 g/mol. The lowest BCUT2D eigenvalue weighted by molar-refractivity contribution is -0.376. The van der Waals surface area contributed by atoms with Crippen molar-refractivity contribution in [2.75, 3.05) is 6.54 Å². The van der Waals surface area contributed by atoms with Crippen LogP contribution in [0.1, 0.15) is 59.9 Å². The number of ether oxygens (including phenoxy) is 3. The van der Waals surface area contributed by atoms with Gasteiger partial charge >= 0.3 is 17.9 Å². The first kappa shape index (κ1) is 37.2. The van der Waals surface area contributed by atoms with E-state index in [1.807, 2.05) is 65.0 Å². The molecule has 0 aromatic heterocycles. The monoisotopic (exact) mass is 663 g/mol. The van der Waals surface area contributed by atoms with Gasteiger partial charge in [0.2, 0.25) is 11.2 Å². The zero-order valence-corrected chi connectivity index (χ0v) is 28.5. The minimum Gasteiger partial charge on any atom is -0.479 e. The summed E-state index contributed by atoms with van der Waals surface area (Å²) in [4.78, 5) is 40.3. The number of carboxylic acids is 2. The van der Waals surface area contributed by atoms with Crippen LogP contribution in [0, 0.1) is 11.8 Å². The van der Waals surface area contributed by atoms with Crippen LogP contribution in [-0.2, 0) is 39.4 Å². The lowest BCUT2D eigenvalue weighted by atomic mass is 9.74. The molecule has 2 heterocycles. The molecule has 2 saturated heterocycles. The van der Waals surface area contributed by atoms with Crippen molar-refractivity contribution in [1.29, 1.82) is 0 Å². The highest BCUT2D eigenvalue weighted by molar-refractivity contribution is 6.32. The molecule has 3 rings (SSSR count). The number of aliphatic hydroxyl groups is 2. The summed E-state index contributed by atoms with van der Waals surface area (Å²) in [5, 5.41) is 46.8. The molecule has 2 aliphatic rings. The van der Waals surface area contributed by atoms with Gasteiger partial charge in [-0.1, -0.05) is 76.6 Å². The fourth-order valence-electron chi connectivity index (χ4n) is 6.01. The average molecular weight is 664 g/mol. The van der Waals surface area contributed by atoms with Crippen LogP contribution in [0.15, 0.2) is 47.6 Å². The number of rotatable bonds is 16. The van der Waals surface area contributed by atoms with Crippen LogP contribution in [0.3, 0.4) is 0 Å². The SMILES string of the molecule is C=C(CCC12OC(CN=[N+]=[N-])C(O)(C(=O)O)C(C(=O)O)(O1)C(O)C2O[SiH2]C(C)(C)C(C)C)C(OC(C)=O)C(C)Cc1ccccc1. The summed E-state index contributed by atoms with van der Waals surface area (Å²) in [6, 6.07) is 9.55. The van der Waals surface area contributed by atoms with Gasteiger partial charge in [0.05, 0.1) is 6.54 Å². The second-order valence-corrected chi connectivity index (χ2v) is 15.7. The fraction of sp³-hybridized carbons (Fsp3) is 0.645. The van der Waals surface area contributed by atoms with Crippen LogP contribution < -0.4 is 0 Å². The van der Waals surface area contributed by atoms with Crippen LogP contribution in [0.2, 0.25) is 5.04 Å². The number of azide groups is 1. The molecule has 2 fully saturated rings. The third kappa shape index (κ3) is 6.86. The molecule has 8 unspecified atom stereocenters. The summed E-state index contributed by atoms with van der Waals surface area (Å²) in [6.07, 6.45) is -6.21. The van der Waals surface area contributed by atoms with Gasteiger partial charge in [-0.05, 0) is 40.5 Å². The average Bonchev–Trinajstić information content (AvgIpc) is 3.20. The standard InChI is InChI=1S/C31H45N3O11Si/c1-17(2)28(6,7)46-44-25-24(36)31(27(39)40)30(41,26(37)38)22(16-33-34-32)43-29(25,45-31)14-13-18(3)23(42-20(5)35)19(4)15-21-11-9-8-10-12-21/h8-12,17,19,22-25,36,41H,3,13-16,46H2,1-2,4-7H3,(H,37,38)(H,39,40). The second kappa shape index (κ2) is 14.2. The summed E-state index contributed by atoms with van der Waals surface area (Å²) in [6.45, 7) is 14.4. The molecule has 254 valence electrons. The second-order valence-electron chi connectivity index (χ2n) is 13.2. The Labute approximate surface area is 270 Å². The lowest BCUT2D eigenvalue weighted by Crippen LogP contribution is -2.77. The van der Waals surface area contributed by atoms with Crippen molar-refractivity contribution in [3.8, 4) is 0 Å². The summed E-state index contributed by atoms with van der Waals surface area (Å²) < 4.78 is 24.0. The van der Waals surface area contributed by atoms with Gasteiger partial charge < -0.3 is 39.1 Å². The number of aliphatic carboxylic acids is 2. The van der Waals surface area contributed by atoms with Crippen molar-refractivity contribution in [2.45, 2.75) is 107 Å². The zero-order valence-electron chi connectivity index (χ0n) is 27.1. The Bertz CT molecular complexity index is 1350. The van der Waals surface area contributed by atoms with Crippen LogP contribution in [0.25, 0.3) is 10.4 Å². The van der Waals surface area contributed by atoms with E-state index in [1.165, 1.54) is 6.92 Å². The van der Waals surface area contributed by atoms with E-state index in [0.717, 1.165) is 5.56 Å². The quantitative estimate of drug-likeness (QED) is 0.0503. The lowest BCUT2D eigenvalue weighted by Gasteiger charge is -2.50. The van der Waals surface area contributed by atoms with Crippen LogP contribution >= 0.6 is 0 Å². The molecule has 46 heavy (non-hydrogen) atoms. The third-order valence-electron chi connectivity index (χ3n) is 9.40. The Morgan fingerprint density at radius 3 is 2.33 bits per heavy atom. The molecule has 2 aliphatic heterocycles. The molecule has 2 bridgehead atoms. The molecule has 0 saturated carbocycles. The molecule has 8 atom stereocenters. The van der Waals surface area contributed by atoms with Gasteiger partial charge in [0.15, 0.2) is 15.6 Å². The predicted molar refractivity (Wildman–Crippen MR) is 167 cm³/mol. The molecule has 0 aliphatic carbocycles. The summed E-state index contributed by atoms with van der Waals surface area (Å²) in [5.41, 5.74) is 3.87. The minimum absolute atomic E-state index is 0.00573. The molecule has 1 aromatic rings. The first-order valence-electron chi connectivity index (χ1n) is 15.2. The molecule has 1 aromatic carbocycles. The summed E-state index contributed by atoms with van der Waals surface area (Å²) in [5.74, 6) is -6.80. The number of benzene rings is 1. The maximum absolute atomic E-state index is 12.9. The van der Waals surface area contributed by atoms with E-state index >= 15 is 0 Å². The molecule has 15 heteroatoms. The van der Waals surface area contributed by atoms with Gasteiger partial charge in [0, 0.05) is 24.2 Å². The largest absolute Gasteiger partial charge is 0.479 e. The highest BCUT2D eigenvalue weighted by atomic mass is 28.2. The number of carboxylic acid groups (broad SMARTS) is 2. The zero-order chi connectivity index (χ0) is 34.7. The van der Waals surface area contributed by atoms with E-state index in [-0.39, 0.29) is 29.7 Å². The van der Waals surface area contributed by atoms with Crippen molar-refractivity contribution in [3.63, 3.8) is 0 Å². The van der Waals surface area contributed by atoms with E-state index < -0.39 is 75.6 Å². The Morgan fingerprint density at radius 2 is 1.80 bits per heavy atom. The van der Waals surface area contributed by atoms with Gasteiger partial charge in [0.25, 0.3) is 0 Å². The first-order chi connectivity index (χ1) is 21.4. The highest BCUT2D eigenvalue weighted by Crippen LogP contribution is 2.56. The smallest absolute Gasteiger partial charge is 0.342 e. The Balaban J connectivity index is 2.07. The van der Waals surface area contributed by atoms with Gasteiger partial charge in [-0.2, -0.15) is 0 Å². The summed E-state index contributed by atoms with van der Waals surface area (Å²) in [7, 11) is -1.61. The summed E-state index contributed by atoms with van der Waals surface area (Å²) >= 11 is 0. The van der Waals surface area contributed by atoms with Gasteiger partial charge in [-0.3, -0.25) is 4.79 Å². The molecular formula is C31H45N3O11Si. The van der Waals surface area contributed by atoms with E-state index in [0.29, 0.717) is 12.0 Å². The Morgan fingerprint density at radius 1 is 1.17 bits per heavy atom. The van der Waals surface area contributed by atoms with E-state index in [9.17, 15) is 34.8 Å². The number of carbonyl (C=O) groups excluding carboxylic acids is 1. The van der Waals surface area contributed by atoms with Crippen molar-refractivity contribution in [1.82, 2.24) is 0 Å². The van der Waals surface area contributed by atoms with E-state index in [2.05, 4.69) is 16.6 Å². The van der Waals surface area contributed by atoms with Crippen LogP contribution in [0.4, 0.5) is 0 Å². The maximum Gasteiger partial charge on any atom is 0.342 e. The van der Waals surface area contributed by atoms with Crippen molar-refractivity contribution >= 4 is 27.7 Å². The van der Waals surface area contributed by atoms with E-state index in [4.69, 9.17) is 24.2 Å². The molecule has 4 N–H and O–H groups in total. The topological polar surface area (TPSA) is 218 Å². The first-order valence-corrected chi connectivity index (χ1v) is 16.4. The van der Waals surface area contributed by atoms with Crippen molar-refractivity contribution < 1.29 is 53.4 Å². The number of aliphatic hydroxyl groups excluding tert-OH is 1. The Hall–Kier alpha value is -3.30. The minimum atomic E-state index is -3.38. The normalized spacial score (nSPS) is 30.5. The van der Waals surface area contributed by atoms with Crippen LogP contribution in [0.5, 0.6) is 0 Å². The van der Waals surface area contributed by atoms with Crippen molar-refractivity contribution in [3.05, 3.63) is 58.5 Å². The number of fused-ring (bicyclic) bond motifs is 2. The molecule has 0 amide bonds. The number of esters is 1. The number of hydrogen-bond donors (Lipinski definition) is 4. The van der Waals surface area contributed by atoms with Gasteiger partial charge in [-0.25, -0.2) is 9.59 Å². The maximum atomic E-state index is 12.9. The molecule has 0 radical (unpaired) electrons. The van der Waals surface area contributed by atoms with Gasteiger partial charge in [0.1, 0.15) is 24.4 Å². The number of carbonyl (C=O) groups is 3. The number of nitrogens with zero attached hydrogens (tertiary/aromatic N) is 3. The fourth-order valence-corrected chi connectivity index (χ4v) is 7.38.